The highest BCUT2D eigenvalue weighted by atomic mass is 24.5. The molecule has 0 aromatic carbocycles. The van der Waals surface area contributed by atoms with E-state index in [2.05, 4.69) is 38.2 Å². The molecule has 0 nitrogen and oxygen atoms in total. The van der Waals surface area contributed by atoms with Gasteiger partial charge in [0.05, 0.1) is 0 Å². The molecule has 0 radical (unpaired) electrons. The maximum atomic E-state index is 2.38. The van der Waals surface area contributed by atoms with Crippen molar-refractivity contribution in [2.45, 2.75) is 26.7 Å². The molecule has 0 aromatic heterocycles. The largest absolute Gasteiger partial charge is 0.438 e. The van der Waals surface area contributed by atoms with E-state index >= 15 is 0 Å². The van der Waals surface area contributed by atoms with Crippen LogP contribution in [-0.2, 0) is 0 Å². The van der Waals surface area contributed by atoms with Gasteiger partial charge in [-0.25, -0.2) is 0 Å². The molecule has 0 aromatic rings. The molecule has 13 heavy (non-hydrogen) atoms. The van der Waals surface area contributed by atoms with Crippen molar-refractivity contribution in [1.82, 2.24) is 0 Å². The fourth-order valence-corrected chi connectivity index (χ4v) is 3.91. The molecule has 0 heterocycles. The summed E-state index contributed by atoms with van der Waals surface area (Å²) in [5, 5.41) is 0. The highest BCUT2D eigenvalue weighted by Gasteiger charge is 2.14. The Morgan fingerprint density at radius 1 is 1.23 bits per heavy atom. The highest BCUT2D eigenvalue weighted by molar-refractivity contribution is 6.54. The Hall–Kier alpha value is -0.274. The van der Waals surface area contributed by atoms with Crippen LogP contribution in [0.1, 0.15) is 26.7 Å². The lowest BCUT2D eigenvalue weighted by Crippen LogP contribution is -1.99. The summed E-state index contributed by atoms with van der Waals surface area (Å²) >= 11 is -0.0889. The minimum atomic E-state index is -0.0889. The first-order chi connectivity index (χ1) is 6.27. The molecule has 0 spiro atoms. The zero-order valence-electron chi connectivity index (χ0n) is 8.43. The molecule has 0 saturated carbocycles. The van der Waals surface area contributed by atoms with Gasteiger partial charge < -0.3 is 0 Å². The van der Waals surface area contributed by atoms with Gasteiger partial charge in [0.25, 0.3) is 0 Å². The first-order valence-electron chi connectivity index (χ1n) is 4.97. The van der Waals surface area contributed by atoms with Crippen molar-refractivity contribution in [3.63, 3.8) is 0 Å². The number of hydrogen-bond donors (Lipinski definition) is 0. The van der Waals surface area contributed by atoms with Gasteiger partial charge in [-0.1, -0.05) is 35.5 Å². The lowest BCUT2D eigenvalue weighted by Gasteiger charge is -2.04. The fourth-order valence-electron chi connectivity index (χ4n) is 1.96. The molecule has 64 valence electrons. The van der Waals surface area contributed by atoms with Crippen LogP contribution in [0.2, 0.25) is 0 Å². The van der Waals surface area contributed by atoms with E-state index in [-0.39, 0.29) is 20.4 Å². The SMILES string of the molecule is CC1=CC[C]([Mg][C]2=CC=CC2)=C1C. The Bertz CT molecular complexity index is 340. The van der Waals surface area contributed by atoms with Crippen molar-refractivity contribution < 1.29 is 0 Å². The van der Waals surface area contributed by atoms with E-state index in [1.54, 1.807) is 13.0 Å². The molecular weight excluding hydrogens is 168 g/mol. The van der Waals surface area contributed by atoms with Crippen molar-refractivity contribution in [1.29, 1.82) is 0 Å². The van der Waals surface area contributed by atoms with E-state index in [1.165, 1.54) is 18.4 Å². The van der Waals surface area contributed by atoms with Gasteiger partial charge in [-0.15, -0.1) is 0 Å². The average molecular weight is 183 g/mol. The van der Waals surface area contributed by atoms with Crippen molar-refractivity contribution in [2.75, 3.05) is 0 Å². The maximum Gasteiger partial charge on any atom is 0.438 e. The van der Waals surface area contributed by atoms with E-state index in [9.17, 15) is 0 Å². The van der Waals surface area contributed by atoms with Crippen LogP contribution in [0.4, 0.5) is 0 Å². The summed E-state index contributed by atoms with van der Waals surface area (Å²) in [5.74, 6) is 0. The Morgan fingerprint density at radius 3 is 2.62 bits per heavy atom. The maximum absolute atomic E-state index is 2.38. The van der Waals surface area contributed by atoms with Crippen molar-refractivity contribution in [2.24, 2.45) is 0 Å². The predicted octanol–water partition coefficient (Wildman–Crippen LogP) is 3.16. The monoisotopic (exact) mass is 182 g/mol. The van der Waals surface area contributed by atoms with Gasteiger partial charge >= 0.3 is 20.4 Å². The van der Waals surface area contributed by atoms with Crippen LogP contribution < -0.4 is 0 Å². The van der Waals surface area contributed by atoms with E-state index in [1.807, 2.05) is 0 Å². The first-order valence-corrected chi connectivity index (χ1v) is 6.39. The molecule has 2 aliphatic carbocycles. The van der Waals surface area contributed by atoms with E-state index in [0.29, 0.717) is 0 Å². The Morgan fingerprint density at radius 2 is 2.08 bits per heavy atom. The topological polar surface area (TPSA) is 0 Å². The molecule has 0 unspecified atom stereocenters. The minimum Gasteiger partial charge on any atom is -0.182 e. The Kier molecular flexibility index (Phi) is 2.75. The van der Waals surface area contributed by atoms with Gasteiger partial charge in [0.15, 0.2) is 0 Å². The second-order valence-corrected chi connectivity index (χ2v) is 6.07. The van der Waals surface area contributed by atoms with Crippen LogP contribution >= 0.6 is 0 Å². The Labute approximate surface area is 89.8 Å². The molecule has 0 aliphatic heterocycles. The van der Waals surface area contributed by atoms with Crippen molar-refractivity contribution >= 4 is 20.4 Å². The lowest BCUT2D eigenvalue weighted by molar-refractivity contribution is 1.33. The first kappa shape index (κ1) is 9.29. The zero-order valence-corrected chi connectivity index (χ0v) is 9.84. The van der Waals surface area contributed by atoms with Crippen LogP contribution in [0.5, 0.6) is 0 Å². The molecule has 0 atom stereocenters. The minimum absolute atomic E-state index is 0.0889. The summed E-state index contributed by atoms with van der Waals surface area (Å²) in [6.45, 7) is 4.52. The third-order valence-electron chi connectivity index (χ3n) is 3.06. The average Bonchev–Trinajstić information content (AvgIpc) is 2.71. The van der Waals surface area contributed by atoms with Crippen molar-refractivity contribution in [3.05, 3.63) is 42.9 Å². The molecule has 0 bridgehead atoms. The summed E-state index contributed by atoms with van der Waals surface area (Å²) < 4.78 is 3.46. The summed E-state index contributed by atoms with van der Waals surface area (Å²) in [6.07, 6.45) is 11.6. The number of hydrogen-bond acceptors (Lipinski definition) is 0. The molecule has 2 aliphatic rings. The normalized spacial score (nSPS) is 20.5. The summed E-state index contributed by atoms with van der Waals surface area (Å²) in [5.41, 5.74) is 3.09. The lowest BCUT2D eigenvalue weighted by atomic mass is 10.2. The van der Waals surface area contributed by atoms with E-state index in [4.69, 9.17) is 0 Å². The number of rotatable bonds is 2. The van der Waals surface area contributed by atoms with E-state index in [0.717, 1.165) is 0 Å². The summed E-state index contributed by atoms with van der Waals surface area (Å²) in [6, 6.07) is 0. The van der Waals surface area contributed by atoms with Crippen LogP contribution in [0.25, 0.3) is 0 Å². The van der Waals surface area contributed by atoms with Crippen LogP contribution in [0, 0.1) is 0 Å². The zero-order chi connectivity index (χ0) is 9.26. The molecule has 0 fully saturated rings. The predicted molar refractivity (Wildman–Crippen MR) is 58.7 cm³/mol. The fraction of sp³-hybridized carbons (Fsp3) is 0.333. The second kappa shape index (κ2) is 3.85. The molecule has 0 saturated heterocycles. The van der Waals surface area contributed by atoms with Gasteiger partial charge in [-0.05, 0) is 26.7 Å². The molecule has 0 N–H and O–H groups in total. The van der Waals surface area contributed by atoms with Crippen LogP contribution in [0.3, 0.4) is 0 Å². The third kappa shape index (κ3) is 1.97. The number of allylic oxidation sites excluding steroid dienone is 8. The second-order valence-electron chi connectivity index (χ2n) is 3.95. The van der Waals surface area contributed by atoms with Gasteiger partial charge in [-0.2, -0.15) is 7.40 Å². The highest BCUT2D eigenvalue weighted by Crippen LogP contribution is 2.26. The smallest absolute Gasteiger partial charge is 0.182 e. The molecular formula is C12H14Mg. The molecule has 1 heteroatoms. The van der Waals surface area contributed by atoms with Gasteiger partial charge in [0.1, 0.15) is 0 Å². The third-order valence-corrected chi connectivity index (χ3v) is 5.29. The summed E-state index contributed by atoms with van der Waals surface area (Å²) in [4.78, 5) is 0. The summed E-state index contributed by atoms with van der Waals surface area (Å²) in [7, 11) is 0. The van der Waals surface area contributed by atoms with Crippen LogP contribution in [-0.4, -0.2) is 20.4 Å². The quantitative estimate of drug-likeness (QED) is 0.576. The van der Waals surface area contributed by atoms with E-state index < -0.39 is 0 Å². The standard InChI is InChI=1S/C7H9.C5H5.Mg/c1-6-4-3-5-7(6)2;1-2-4-5-3-1;/h4H,3H2,1-2H3;1-3H,4H2;. The van der Waals surface area contributed by atoms with Gasteiger partial charge in [0.2, 0.25) is 0 Å². The molecule has 0 amide bonds. The van der Waals surface area contributed by atoms with Crippen LogP contribution in [0.15, 0.2) is 42.9 Å². The van der Waals surface area contributed by atoms with Gasteiger partial charge in [0, 0.05) is 0 Å². The van der Waals surface area contributed by atoms with Crippen molar-refractivity contribution in [3.8, 4) is 0 Å². The Balaban J connectivity index is 2.05. The molecule has 2 rings (SSSR count). The van der Waals surface area contributed by atoms with Gasteiger partial charge in [-0.3, -0.25) is 0 Å².